The predicted octanol–water partition coefficient (Wildman–Crippen LogP) is 2.06. The predicted molar refractivity (Wildman–Crippen MR) is 64.3 cm³/mol. The van der Waals surface area contributed by atoms with Crippen LogP contribution in [0.4, 0.5) is 10.5 Å². The number of rotatable bonds is 0. The Morgan fingerprint density at radius 1 is 1.20 bits per heavy atom. The molecule has 0 unspecified atom stereocenters. The van der Waals surface area contributed by atoms with E-state index in [4.69, 9.17) is 12.2 Å². The van der Waals surface area contributed by atoms with Crippen molar-refractivity contribution < 1.29 is 4.79 Å². The first kappa shape index (κ1) is 10.1. The number of anilines is 1. The van der Waals surface area contributed by atoms with Crippen molar-refractivity contribution in [3.8, 4) is 0 Å². The summed E-state index contributed by atoms with van der Waals surface area (Å²) in [6, 6.07) is 7.76. The fraction of sp³-hybridized carbons (Fsp3) is 0.273. The monoisotopic (exact) mass is 220 g/mol. The van der Waals surface area contributed by atoms with Gasteiger partial charge in [0.15, 0.2) is 0 Å². The van der Waals surface area contributed by atoms with E-state index >= 15 is 0 Å². The number of hydrogen-bond acceptors (Lipinski definition) is 2. The first-order valence-corrected chi connectivity index (χ1v) is 5.14. The molecule has 2 rings (SSSR count). The first-order valence-electron chi connectivity index (χ1n) is 4.73. The van der Waals surface area contributed by atoms with Gasteiger partial charge in [-0.25, -0.2) is 4.79 Å². The van der Waals surface area contributed by atoms with Crippen LogP contribution < -0.4 is 4.90 Å². The molecule has 2 amide bonds. The molecule has 1 aliphatic rings. The molecular weight excluding hydrogens is 208 g/mol. The van der Waals surface area contributed by atoms with Crippen molar-refractivity contribution in [1.29, 1.82) is 0 Å². The molecule has 0 saturated heterocycles. The normalized spacial score (nSPS) is 16.4. The number of carbonyl (C=O) groups is 1. The van der Waals surface area contributed by atoms with Crippen LogP contribution in [0.25, 0.3) is 0 Å². The van der Waals surface area contributed by atoms with Crippen molar-refractivity contribution in [2.75, 3.05) is 19.0 Å². The number of para-hydroxylation sites is 1. The maximum atomic E-state index is 11.9. The van der Waals surface area contributed by atoms with Gasteiger partial charge < -0.3 is 0 Å². The highest BCUT2D eigenvalue weighted by molar-refractivity contribution is 7.80. The van der Waals surface area contributed by atoms with Crippen molar-refractivity contribution in [2.24, 2.45) is 0 Å². The molecule has 78 valence electrons. The molecule has 1 aromatic rings. The largest absolute Gasteiger partial charge is 0.328 e. The number of hydrogen-bond donors (Lipinski definition) is 0. The Kier molecular flexibility index (Phi) is 2.44. The Bertz CT molecular complexity index is 430. The molecule has 4 heteroatoms. The Labute approximate surface area is 94.3 Å². The molecule has 0 bridgehead atoms. The van der Waals surface area contributed by atoms with Gasteiger partial charge in [-0.1, -0.05) is 30.4 Å². The quantitative estimate of drug-likeness (QED) is 0.625. The van der Waals surface area contributed by atoms with Crippen LogP contribution in [0.2, 0.25) is 0 Å². The maximum Gasteiger partial charge on any atom is 0.328 e. The average Bonchev–Trinajstić information content (AvgIpc) is 2.32. The highest BCUT2D eigenvalue weighted by Gasteiger charge is 2.25. The Morgan fingerprint density at radius 3 is 2.60 bits per heavy atom. The van der Waals surface area contributed by atoms with Crippen LogP contribution in [0.1, 0.15) is 5.56 Å². The van der Waals surface area contributed by atoms with Crippen molar-refractivity contribution in [2.45, 2.75) is 6.42 Å². The number of amides is 2. The topological polar surface area (TPSA) is 23.6 Å². The van der Waals surface area contributed by atoms with Gasteiger partial charge in [0.1, 0.15) is 0 Å². The molecule has 3 nitrogen and oxygen atoms in total. The number of likely N-dealkylation sites (N-methyl/N-ethyl adjacent to an activating group) is 1. The fourth-order valence-corrected chi connectivity index (χ4v) is 1.94. The summed E-state index contributed by atoms with van der Waals surface area (Å²) in [5.74, 6) is 0. The van der Waals surface area contributed by atoms with E-state index in [1.165, 1.54) is 4.90 Å². The average molecular weight is 220 g/mol. The number of thiocarbonyl (C=S) groups is 1. The van der Waals surface area contributed by atoms with Gasteiger partial charge in [0.2, 0.25) is 0 Å². The van der Waals surface area contributed by atoms with Crippen LogP contribution in [0, 0.1) is 0 Å². The van der Waals surface area contributed by atoms with E-state index < -0.39 is 0 Å². The SMILES string of the molecule is CN1C(=O)N(C)c2ccccc2CC1=S. The van der Waals surface area contributed by atoms with Gasteiger partial charge in [-0.2, -0.15) is 0 Å². The van der Waals surface area contributed by atoms with Crippen molar-refractivity contribution >= 4 is 28.9 Å². The van der Waals surface area contributed by atoms with Crippen LogP contribution in [0.15, 0.2) is 24.3 Å². The van der Waals surface area contributed by atoms with Crippen LogP contribution in [-0.2, 0) is 6.42 Å². The third kappa shape index (κ3) is 1.61. The Balaban J connectivity index is 2.53. The summed E-state index contributed by atoms with van der Waals surface area (Å²) in [5.41, 5.74) is 2.04. The molecular formula is C11H12N2OS. The van der Waals surface area contributed by atoms with Crippen molar-refractivity contribution in [3.05, 3.63) is 29.8 Å². The highest BCUT2D eigenvalue weighted by Crippen LogP contribution is 2.24. The summed E-state index contributed by atoms with van der Waals surface area (Å²) < 4.78 is 0. The van der Waals surface area contributed by atoms with Crippen molar-refractivity contribution in [3.63, 3.8) is 0 Å². The minimum absolute atomic E-state index is 0.0787. The van der Waals surface area contributed by atoms with Gasteiger partial charge in [0, 0.05) is 26.2 Å². The second-order valence-corrected chi connectivity index (χ2v) is 4.07. The van der Waals surface area contributed by atoms with E-state index in [1.54, 1.807) is 19.0 Å². The van der Waals surface area contributed by atoms with Gasteiger partial charge in [0.25, 0.3) is 0 Å². The molecule has 1 aromatic carbocycles. The molecule has 0 aromatic heterocycles. The van der Waals surface area contributed by atoms with E-state index in [0.29, 0.717) is 11.4 Å². The second kappa shape index (κ2) is 3.62. The van der Waals surface area contributed by atoms with Crippen LogP contribution in [-0.4, -0.2) is 30.0 Å². The molecule has 0 radical (unpaired) electrons. The summed E-state index contributed by atoms with van der Waals surface area (Å²) in [6.45, 7) is 0. The standard InChI is InChI=1S/C11H12N2OS/c1-12-9-6-4-3-5-8(9)7-10(15)13(2)11(12)14/h3-6H,7H2,1-2H3. The number of carbonyl (C=O) groups excluding carboxylic acids is 1. The van der Waals surface area contributed by atoms with Crippen LogP contribution in [0.5, 0.6) is 0 Å². The summed E-state index contributed by atoms with van der Waals surface area (Å²) in [5, 5.41) is 0. The fourth-order valence-electron chi connectivity index (χ4n) is 1.70. The maximum absolute atomic E-state index is 11.9. The molecule has 0 fully saturated rings. The van der Waals surface area contributed by atoms with E-state index in [9.17, 15) is 4.79 Å². The zero-order chi connectivity index (χ0) is 11.0. The van der Waals surface area contributed by atoms with Gasteiger partial charge >= 0.3 is 6.03 Å². The second-order valence-electron chi connectivity index (χ2n) is 3.60. The lowest BCUT2D eigenvalue weighted by molar-refractivity contribution is 0.234. The number of urea groups is 1. The summed E-state index contributed by atoms with van der Waals surface area (Å²) >= 11 is 5.20. The molecule has 0 aliphatic carbocycles. The Morgan fingerprint density at radius 2 is 1.87 bits per heavy atom. The summed E-state index contributed by atoms with van der Waals surface area (Å²) in [7, 11) is 3.48. The molecule has 1 heterocycles. The van der Waals surface area contributed by atoms with Crippen LogP contribution in [0.3, 0.4) is 0 Å². The molecule has 15 heavy (non-hydrogen) atoms. The highest BCUT2D eigenvalue weighted by atomic mass is 32.1. The summed E-state index contributed by atoms with van der Waals surface area (Å²) in [6.07, 6.45) is 0.651. The van der Waals surface area contributed by atoms with Gasteiger partial charge in [-0.15, -0.1) is 0 Å². The molecule has 0 spiro atoms. The van der Waals surface area contributed by atoms with Gasteiger partial charge in [0.05, 0.1) is 4.99 Å². The first-order chi connectivity index (χ1) is 7.11. The third-order valence-electron chi connectivity index (χ3n) is 2.64. The van der Waals surface area contributed by atoms with Gasteiger partial charge in [-0.05, 0) is 11.6 Å². The molecule has 1 aliphatic heterocycles. The van der Waals surface area contributed by atoms with E-state index in [1.807, 2.05) is 24.3 Å². The smallest absolute Gasteiger partial charge is 0.297 e. The van der Waals surface area contributed by atoms with Crippen molar-refractivity contribution in [1.82, 2.24) is 4.90 Å². The zero-order valence-electron chi connectivity index (χ0n) is 8.73. The zero-order valence-corrected chi connectivity index (χ0v) is 9.54. The Hall–Kier alpha value is -1.42. The van der Waals surface area contributed by atoms with Crippen LogP contribution >= 0.6 is 12.2 Å². The number of nitrogens with zero attached hydrogens (tertiary/aromatic N) is 2. The summed E-state index contributed by atoms with van der Waals surface area (Å²) in [4.78, 5) is 15.7. The van der Waals surface area contributed by atoms with Gasteiger partial charge in [-0.3, -0.25) is 9.80 Å². The lowest BCUT2D eigenvalue weighted by Gasteiger charge is -2.21. The minimum atomic E-state index is -0.0787. The number of fused-ring (bicyclic) bond motifs is 1. The lowest BCUT2D eigenvalue weighted by Crippen LogP contribution is -2.39. The number of benzene rings is 1. The molecule has 0 saturated carbocycles. The van der Waals surface area contributed by atoms with E-state index in [2.05, 4.69) is 0 Å². The minimum Gasteiger partial charge on any atom is -0.297 e. The third-order valence-corrected chi connectivity index (χ3v) is 3.06. The molecule has 0 atom stereocenters. The lowest BCUT2D eigenvalue weighted by atomic mass is 10.1. The van der Waals surface area contributed by atoms with E-state index in [-0.39, 0.29) is 6.03 Å². The molecule has 0 N–H and O–H groups in total. The van der Waals surface area contributed by atoms with E-state index in [0.717, 1.165) is 11.3 Å².